The van der Waals surface area contributed by atoms with Crippen LogP contribution in [0.1, 0.15) is 63.9 Å². The largest absolute Gasteiger partial charge is 0.316 e. The Morgan fingerprint density at radius 2 is 1.79 bits per heavy atom. The summed E-state index contributed by atoms with van der Waals surface area (Å²) in [5, 5.41) is 8.33. The molecule has 0 bridgehead atoms. The Kier molecular flexibility index (Phi) is 7.80. The van der Waals surface area contributed by atoms with Gasteiger partial charge in [0.15, 0.2) is 0 Å². The molecule has 1 rings (SSSR count). The first-order valence-electron chi connectivity index (χ1n) is 8.06. The minimum Gasteiger partial charge on any atom is -0.316 e. The number of unbranched alkanes of at least 4 members (excludes halogenated alkanes) is 1. The van der Waals surface area contributed by atoms with Crippen molar-refractivity contribution in [2.24, 2.45) is 0 Å². The van der Waals surface area contributed by atoms with Crippen LogP contribution in [-0.4, -0.2) is 22.9 Å². The highest BCUT2D eigenvalue weighted by atomic mass is 15.3. The molecule has 0 spiro atoms. The van der Waals surface area contributed by atoms with Crippen molar-refractivity contribution in [2.75, 3.05) is 13.1 Å². The van der Waals surface area contributed by atoms with Gasteiger partial charge in [-0.25, -0.2) is 0 Å². The Labute approximate surface area is 118 Å². The number of hydrogen-bond acceptors (Lipinski definition) is 2. The molecule has 0 aliphatic carbocycles. The third-order valence-corrected chi connectivity index (χ3v) is 3.62. The van der Waals surface area contributed by atoms with Gasteiger partial charge in [-0.05, 0) is 50.8 Å². The molecule has 0 saturated carbocycles. The Balaban J connectivity index is 2.77. The maximum Gasteiger partial charge on any atom is 0.0657 e. The van der Waals surface area contributed by atoms with E-state index in [2.05, 4.69) is 37.7 Å². The first-order chi connectivity index (χ1) is 9.28. The van der Waals surface area contributed by atoms with Gasteiger partial charge in [-0.1, -0.05) is 34.1 Å². The summed E-state index contributed by atoms with van der Waals surface area (Å²) < 4.78 is 2.26. The van der Waals surface area contributed by atoms with Crippen molar-refractivity contribution in [2.45, 2.75) is 72.8 Å². The van der Waals surface area contributed by atoms with Crippen LogP contribution in [0.4, 0.5) is 0 Å². The van der Waals surface area contributed by atoms with E-state index >= 15 is 0 Å². The van der Waals surface area contributed by atoms with Gasteiger partial charge in [-0.3, -0.25) is 4.68 Å². The molecule has 0 saturated heterocycles. The summed E-state index contributed by atoms with van der Waals surface area (Å²) in [6, 6.07) is 0. The molecule has 0 radical (unpaired) electrons. The Morgan fingerprint density at radius 1 is 1.00 bits per heavy atom. The lowest BCUT2D eigenvalue weighted by atomic mass is 10.1. The summed E-state index contributed by atoms with van der Waals surface area (Å²) in [6.07, 6.45) is 6.94. The summed E-state index contributed by atoms with van der Waals surface area (Å²) in [5.41, 5.74) is 4.28. The summed E-state index contributed by atoms with van der Waals surface area (Å²) >= 11 is 0. The average Bonchev–Trinajstić information content (AvgIpc) is 2.78. The van der Waals surface area contributed by atoms with Crippen molar-refractivity contribution in [1.29, 1.82) is 0 Å². The molecular weight excluding hydrogens is 234 g/mol. The van der Waals surface area contributed by atoms with Crippen LogP contribution >= 0.6 is 0 Å². The van der Waals surface area contributed by atoms with Crippen molar-refractivity contribution in [3.8, 4) is 0 Å². The topological polar surface area (TPSA) is 29.9 Å². The molecule has 3 heteroatoms. The van der Waals surface area contributed by atoms with Crippen LogP contribution in [0.5, 0.6) is 0 Å². The van der Waals surface area contributed by atoms with Crippen molar-refractivity contribution >= 4 is 0 Å². The van der Waals surface area contributed by atoms with Crippen molar-refractivity contribution < 1.29 is 0 Å². The van der Waals surface area contributed by atoms with E-state index in [0.717, 1.165) is 38.9 Å². The first kappa shape index (κ1) is 16.2. The normalized spacial score (nSPS) is 11.2. The zero-order chi connectivity index (χ0) is 14.1. The lowest BCUT2D eigenvalue weighted by molar-refractivity contribution is 0.545. The van der Waals surface area contributed by atoms with Gasteiger partial charge >= 0.3 is 0 Å². The number of rotatable bonds is 10. The SMILES string of the molecule is CCCCn1nc(CC)c(CCNCCC)c1CC. The minimum absolute atomic E-state index is 1.05. The molecule has 1 N–H and O–H groups in total. The van der Waals surface area contributed by atoms with E-state index in [1.54, 1.807) is 0 Å². The Hall–Kier alpha value is -0.830. The van der Waals surface area contributed by atoms with Crippen LogP contribution in [0.25, 0.3) is 0 Å². The molecule has 110 valence electrons. The molecule has 1 aromatic heterocycles. The summed E-state index contributed by atoms with van der Waals surface area (Å²) in [6.45, 7) is 12.2. The number of hydrogen-bond donors (Lipinski definition) is 1. The van der Waals surface area contributed by atoms with Gasteiger partial charge in [0, 0.05) is 12.2 Å². The predicted molar refractivity (Wildman–Crippen MR) is 82.8 cm³/mol. The molecule has 3 nitrogen and oxygen atoms in total. The molecule has 0 atom stereocenters. The zero-order valence-electron chi connectivity index (χ0n) is 13.3. The first-order valence-corrected chi connectivity index (χ1v) is 8.06. The van der Waals surface area contributed by atoms with Crippen molar-refractivity contribution in [1.82, 2.24) is 15.1 Å². The van der Waals surface area contributed by atoms with Gasteiger partial charge in [0.2, 0.25) is 0 Å². The third kappa shape index (κ3) is 4.64. The van der Waals surface area contributed by atoms with E-state index in [-0.39, 0.29) is 0 Å². The molecular formula is C16H31N3. The summed E-state index contributed by atoms with van der Waals surface area (Å²) in [4.78, 5) is 0. The van der Waals surface area contributed by atoms with Crippen LogP contribution in [0, 0.1) is 0 Å². The second-order valence-corrected chi connectivity index (χ2v) is 5.16. The van der Waals surface area contributed by atoms with Gasteiger partial charge in [0.25, 0.3) is 0 Å². The number of aromatic nitrogens is 2. The van der Waals surface area contributed by atoms with E-state index in [1.807, 2.05) is 0 Å². The van der Waals surface area contributed by atoms with E-state index in [4.69, 9.17) is 5.10 Å². The van der Waals surface area contributed by atoms with Gasteiger partial charge in [0.05, 0.1) is 5.69 Å². The Bertz CT molecular complexity index is 355. The molecule has 1 heterocycles. The molecule has 0 aliphatic rings. The fourth-order valence-electron chi connectivity index (χ4n) is 2.57. The number of aryl methyl sites for hydroxylation is 2. The third-order valence-electron chi connectivity index (χ3n) is 3.62. The monoisotopic (exact) mass is 265 g/mol. The molecule has 0 aromatic carbocycles. The van der Waals surface area contributed by atoms with Gasteiger partial charge in [0.1, 0.15) is 0 Å². The van der Waals surface area contributed by atoms with Crippen LogP contribution in [0.15, 0.2) is 0 Å². The predicted octanol–water partition coefficient (Wildman–Crippen LogP) is 3.35. The van der Waals surface area contributed by atoms with Crippen LogP contribution in [0.2, 0.25) is 0 Å². The summed E-state index contributed by atoms with van der Waals surface area (Å²) in [5.74, 6) is 0. The molecule has 0 aliphatic heterocycles. The fraction of sp³-hybridized carbons (Fsp3) is 0.812. The highest BCUT2D eigenvalue weighted by Gasteiger charge is 2.14. The quantitative estimate of drug-likeness (QED) is 0.658. The average molecular weight is 265 g/mol. The lowest BCUT2D eigenvalue weighted by Crippen LogP contribution is -2.18. The van der Waals surface area contributed by atoms with Gasteiger partial charge < -0.3 is 5.32 Å². The number of nitrogens with one attached hydrogen (secondary N) is 1. The fourth-order valence-corrected chi connectivity index (χ4v) is 2.57. The molecule has 0 fully saturated rings. The van der Waals surface area contributed by atoms with E-state index in [9.17, 15) is 0 Å². The van der Waals surface area contributed by atoms with Crippen LogP contribution < -0.4 is 5.32 Å². The maximum atomic E-state index is 4.82. The maximum absolute atomic E-state index is 4.82. The molecule has 19 heavy (non-hydrogen) atoms. The van der Waals surface area contributed by atoms with Gasteiger partial charge in [-0.2, -0.15) is 5.10 Å². The molecule has 0 unspecified atom stereocenters. The highest BCUT2D eigenvalue weighted by Crippen LogP contribution is 2.17. The van der Waals surface area contributed by atoms with Crippen LogP contribution in [-0.2, 0) is 25.8 Å². The van der Waals surface area contributed by atoms with E-state index < -0.39 is 0 Å². The summed E-state index contributed by atoms with van der Waals surface area (Å²) in [7, 11) is 0. The standard InChI is InChI=1S/C16H31N3/c1-5-9-13-19-16(8-4)14(15(7-3)18-19)10-12-17-11-6-2/h17H,5-13H2,1-4H3. The van der Waals surface area contributed by atoms with Gasteiger partial charge in [-0.15, -0.1) is 0 Å². The zero-order valence-corrected chi connectivity index (χ0v) is 13.3. The molecule has 1 aromatic rings. The Morgan fingerprint density at radius 3 is 2.37 bits per heavy atom. The second-order valence-electron chi connectivity index (χ2n) is 5.16. The lowest BCUT2D eigenvalue weighted by Gasteiger charge is -2.08. The highest BCUT2D eigenvalue weighted by molar-refractivity contribution is 5.27. The smallest absolute Gasteiger partial charge is 0.0657 e. The minimum atomic E-state index is 1.05. The van der Waals surface area contributed by atoms with Crippen LogP contribution in [0.3, 0.4) is 0 Å². The number of nitrogens with zero attached hydrogens (tertiary/aromatic N) is 2. The van der Waals surface area contributed by atoms with E-state index in [1.165, 1.54) is 36.2 Å². The van der Waals surface area contributed by atoms with Crippen molar-refractivity contribution in [3.05, 3.63) is 17.0 Å². The van der Waals surface area contributed by atoms with E-state index in [0.29, 0.717) is 0 Å². The second kappa shape index (κ2) is 9.13. The molecule has 0 amide bonds. The van der Waals surface area contributed by atoms with Crippen molar-refractivity contribution in [3.63, 3.8) is 0 Å².